The average molecular weight is 595 g/mol. The highest BCUT2D eigenvalue weighted by Crippen LogP contribution is 2.25. The van der Waals surface area contributed by atoms with Gasteiger partial charge in [0.15, 0.2) is 11.6 Å². The molecule has 1 saturated heterocycles. The Hall–Kier alpha value is -5.38. The Morgan fingerprint density at radius 1 is 0.909 bits per heavy atom. The largest absolute Gasteiger partial charge is 0.497 e. The van der Waals surface area contributed by atoms with Crippen LogP contribution in [0.25, 0.3) is 0 Å². The summed E-state index contributed by atoms with van der Waals surface area (Å²) in [6.45, 7) is 7.46. The van der Waals surface area contributed by atoms with Crippen LogP contribution in [0.5, 0.6) is 17.4 Å². The molecule has 0 unspecified atom stereocenters. The molecular weight excluding hydrogens is 560 g/mol. The molecule has 3 aromatic rings. The summed E-state index contributed by atoms with van der Waals surface area (Å²) in [5.41, 5.74) is 2.11. The minimum atomic E-state index is -0.384. The lowest BCUT2D eigenvalue weighted by Crippen LogP contribution is -2.40. The summed E-state index contributed by atoms with van der Waals surface area (Å²) in [7, 11) is 1.58. The third-order valence-corrected chi connectivity index (χ3v) is 7.24. The number of ketones is 2. The topological polar surface area (TPSA) is 127 Å². The van der Waals surface area contributed by atoms with Crippen LogP contribution in [0.2, 0.25) is 0 Å². The SMILES string of the molecule is C=N/C(=C\C=C(/C)C(=O)Nc1ccc(Oc2ccc(C(C)=O)cc2)nc1)C(=O)N1CCC(C(=O)c2ccc(OC)cc2)CC1. The van der Waals surface area contributed by atoms with Gasteiger partial charge in [0.1, 0.15) is 17.2 Å². The molecule has 1 N–H and O–H groups in total. The number of rotatable bonds is 11. The Morgan fingerprint density at radius 3 is 2.11 bits per heavy atom. The maximum absolute atomic E-state index is 13.1. The Bertz CT molecular complexity index is 1580. The normalized spacial score (nSPS) is 14.0. The molecule has 1 aliphatic heterocycles. The fourth-order valence-corrected chi connectivity index (χ4v) is 4.59. The van der Waals surface area contributed by atoms with Crippen LogP contribution in [-0.4, -0.2) is 60.2 Å². The highest BCUT2D eigenvalue weighted by Gasteiger charge is 2.29. The fraction of sp³-hybridized carbons (Fsp3) is 0.235. The first-order valence-corrected chi connectivity index (χ1v) is 14.1. The summed E-state index contributed by atoms with van der Waals surface area (Å²) in [6, 6.07) is 17.0. The van der Waals surface area contributed by atoms with E-state index < -0.39 is 0 Å². The molecule has 10 nitrogen and oxygen atoms in total. The molecule has 0 saturated carbocycles. The van der Waals surface area contributed by atoms with Gasteiger partial charge in [-0.2, -0.15) is 0 Å². The number of Topliss-reactive ketones (excluding diaryl/α,β-unsaturated/α-hetero) is 2. The van der Waals surface area contributed by atoms with Crippen LogP contribution in [0.4, 0.5) is 5.69 Å². The lowest BCUT2D eigenvalue weighted by atomic mass is 9.88. The molecule has 0 bridgehead atoms. The zero-order chi connectivity index (χ0) is 31.6. The van der Waals surface area contributed by atoms with Gasteiger partial charge in [-0.25, -0.2) is 4.98 Å². The molecule has 2 heterocycles. The molecule has 0 spiro atoms. The highest BCUT2D eigenvalue weighted by atomic mass is 16.5. The highest BCUT2D eigenvalue weighted by molar-refractivity contribution is 6.04. The molecule has 0 aliphatic carbocycles. The second kappa shape index (κ2) is 14.7. The molecule has 4 rings (SSSR count). The van der Waals surface area contributed by atoms with Gasteiger partial charge in [-0.05, 0) is 94.1 Å². The van der Waals surface area contributed by atoms with Crippen molar-refractivity contribution in [2.45, 2.75) is 26.7 Å². The van der Waals surface area contributed by atoms with Crippen LogP contribution in [0.3, 0.4) is 0 Å². The predicted molar refractivity (Wildman–Crippen MR) is 167 cm³/mol. The molecule has 226 valence electrons. The zero-order valence-corrected chi connectivity index (χ0v) is 24.9. The van der Waals surface area contributed by atoms with E-state index in [1.807, 2.05) is 0 Å². The summed E-state index contributed by atoms with van der Waals surface area (Å²) >= 11 is 0. The van der Waals surface area contributed by atoms with E-state index in [1.165, 1.54) is 25.3 Å². The number of piperidine rings is 1. The van der Waals surface area contributed by atoms with E-state index >= 15 is 0 Å². The molecule has 1 aromatic heterocycles. The minimum Gasteiger partial charge on any atom is -0.497 e. The monoisotopic (exact) mass is 594 g/mol. The summed E-state index contributed by atoms with van der Waals surface area (Å²) in [5, 5.41) is 2.75. The van der Waals surface area contributed by atoms with Crippen LogP contribution < -0.4 is 14.8 Å². The number of benzene rings is 2. The molecule has 0 radical (unpaired) electrons. The Kier molecular flexibility index (Phi) is 10.5. The molecule has 1 aliphatic rings. The van der Waals surface area contributed by atoms with Crippen LogP contribution >= 0.6 is 0 Å². The van der Waals surface area contributed by atoms with Crippen LogP contribution in [-0.2, 0) is 9.59 Å². The van der Waals surface area contributed by atoms with Gasteiger partial charge in [0.25, 0.3) is 11.8 Å². The van der Waals surface area contributed by atoms with Crippen LogP contribution in [0, 0.1) is 5.92 Å². The standard InChI is InChI=1S/C34H34N4O6/c1-22(33(41)37-27-10-16-31(36-21-27)44-29-13-6-24(7-14-29)23(2)39)5-15-30(35-3)34(42)38-19-17-26(18-20-38)32(40)25-8-11-28(43-4)12-9-25/h5-16,21,26H,3,17-20H2,1-2,4H3,(H,37,41)/b22-5+,30-15-. The number of allylic oxidation sites excluding steroid dienone is 2. The maximum atomic E-state index is 13.1. The van der Waals surface area contributed by atoms with E-state index in [-0.39, 0.29) is 35.0 Å². The number of amides is 2. The third-order valence-electron chi connectivity index (χ3n) is 7.24. The summed E-state index contributed by atoms with van der Waals surface area (Å²) in [4.78, 5) is 59.9. The van der Waals surface area contributed by atoms with E-state index in [9.17, 15) is 19.2 Å². The number of aliphatic imine (C=N–C) groups is 1. The van der Waals surface area contributed by atoms with Crippen molar-refractivity contribution in [3.8, 4) is 17.4 Å². The van der Waals surface area contributed by atoms with Gasteiger partial charge in [-0.1, -0.05) is 6.08 Å². The van der Waals surface area contributed by atoms with Crippen LogP contribution in [0.15, 0.2) is 95.3 Å². The Labute approximate surface area is 256 Å². The van der Waals surface area contributed by atoms with Gasteiger partial charge in [0, 0.05) is 41.8 Å². The lowest BCUT2D eigenvalue weighted by molar-refractivity contribution is -0.128. The number of hydrogen-bond donors (Lipinski definition) is 1. The van der Waals surface area contributed by atoms with Crippen molar-refractivity contribution in [1.29, 1.82) is 0 Å². The molecule has 2 aromatic carbocycles. The van der Waals surface area contributed by atoms with Gasteiger partial charge >= 0.3 is 0 Å². The summed E-state index contributed by atoms with van der Waals surface area (Å²) in [6.07, 6.45) is 5.52. The molecule has 10 heteroatoms. The summed E-state index contributed by atoms with van der Waals surface area (Å²) in [5.74, 6) is 0.694. The van der Waals surface area contributed by atoms with Gasteiger partial charge in [-0.3, -0.25) is 24.2 Å². The maximum Gasteiger partial charge on any atom is 0.272 e. The smallest absolute Gasteiger partial charge is 0.272 e. The van der Waals surface area contributed by atoms with Crippen molar-refractivity contribution >= 4 is 35.8 Å². The van der Waals surface area contributed by atoms with Crippen molar-refractivity contribution in [3.63, 3.8) is 0 Å². The number of aromatic nitrogens is 1. The Morgan fingerprint density at radius 2 is 1.55 bits per heavy atom. The number of pyridine rings is 1. The number of carbonyl (C=O) groups excluding carboxylic acids is 4. The van der Waals surface area contributed by atoms with Crippen molar-refractivity contribution in [3.05, 3.63) is 101 Å². The molecule has 1 fully saturated rings. The van der Waals surface area contributed by atoms with E-state index in [4.69, 9.17) is 9.47 Å². The average Bonchev–Trinajstić information content (AvgIpc) is 3.05. The van der Waals surface area contributed by atoms with Gasteiger partial charge in [0.2, 0.25) is 5.88 Å². The van der Waals surface area contributed by atoms with Crippen molar-refractivity contribution < 1.29 is 28.7 Å². The van der Waals surface area contributed by atoms with Crippen molar-refractivity contribution in [1.82, 2.24) is 9.88 Å². The Balaban J connectivity index is 1.29. The van der Waals surface area contributed by atoms with E-state index in [0.717, 1.165) is 0 Å². The second-order valence-electron chi connectivity index (χ2n) is 10.2. The lowest BCUT2D eigenvalue weighted by Gasteiger charge is -2.31. The number of anilines is 1. The quantitative estimate of drug-likeness (QED) is 0.131. The second-order valence-corrected chi connectivity index (χ2v) is 10.2. The van der Waals surface area contributed by atoms with Gasteiger partial charge in [-0.15, -0.1) is 0 Å². The number of carbonyl (C=O) groups is 4. The summed E-state index contributed by atoms with van der Waals surface area (Å²) < 4.78 is 10.8. The van der Waals surface area contributed by atoms with E-state index in [2.05, 4.69) is 22.0 Å². The number of ether oxygens (including phenoxy) is 2. The predicted octanol–water partition coefficient (Wildman–Crippen LogP) is 5.68. The molecular formula is C34H34N4O6. The van der Waals surface area contributed by atoms with Gasteiger partial charge < -0.3 is 19.7 Å². The number of hydrogen-bond acceptors (Lipinski definition) is 8. The number of methoxy groups -OCH3 is 1. The molecule has 44 heavy (non-hydrogen) atoms. The first kappa shape index (κ1) is 31.6. The zero-order valence-electron chi connectivity index (χ0n) is 24.9. The van der Waals surface area contributed by atoms with E-state index in [0.29, 0.717) is 65.7 Å². The minimum absolute atomic E-state index is 0.0332. The fourth-order valence-electron chi connectivity index (χ4n) is 4.59. The molecule has 2 amide bonds. The van der Waals surface area contributed by atoms with Crippen LogP contribution in [0.1, 0.15) is 47.4 Å². The first-order chi connectivity index (χ1) is 21.2. The van der Waals surface area contributed by atoms with Gasteiger partial charge in [0.05, 0.1) is 19.0 Å². The van der Waals surface area contributed by atoms with E-state index in [1.54, 1.807) is 79.6 Å². The number of nitrogens with zero attached hydrogens (tertiary/aromatic N) is 3. The number of nitrogens with one attached hydrogen (secondary N) is 1. The third kappa shape index (κ3) is 8.13. The van der Waals surface area contributed by atoms with Crippen molar-refractivity contribution in [2.75, 3.05) is 25.5 Å². The number of likely N-dealkylation sites (tertiary alicyclic amines) is 1. The molecule has 0 atom stereocenters. The first-order valence-electron chi connectivity index (χ1n) is 14.1. The van der Waals surface area contributed by atoms with Crippen molar-refractivity contribution in [2.24, 2.45) is 10.9 Å².